The van der Waals surface area contributed by atoms with Crippen LogP contribution in [0.4, 0.5) is 0 Å². The first-order valence-electron chi connectivity index (χ1n) is 21.1. The van der Waals surface area contributed by atoms with E-state index < -0.39 is 5.41 Å². The Bertz CT molecular complexity index is 3490. The van der Waals surface area contributed by atoms with Gasteiger partial charge >= 0.3 is 0 Å². The van der Waals surface area contributed by atoms with Crippen LogP contribution in [0.25, 0.3) is 65.7 Å². The first-order valence-corrected chi connectivity index (χ1v) is 21.1. The third-order valence-electron chi connectivity index (χ3n) is 13.3. The highest BCUT2D eigenvalue weighted by atomic mass is 15.2. The maximum atomic E-state index is 5.14. The molecule has 1 N–H and O–H groups in total. The zero-order valence-corrected chi connectivity index (χ0v) is 33.2. The Balaban J connectivity index is 0.987. The molecule has 0 saturated carbocycles. The lowest BCUT2D eigenvalue weighted by Gasteiger charge is -2.31. The van der Waals surface area contributed by atoms with Crippen LogP contribution in [0.3, 0.4) is 0 Å². The highest BCUT2D eigenvalue weighted by molar-refractivity contribution is 6.26. The Morgan fingerprint density at radius 2 is 0.836 bits per heavy atom. The van der Waals surface area contributed by atoms with Gasteiger partial charge in [-0.15, -0.1) is 0 Å². The average Bonchev–Trinajstić information content (AvgIpc) is 3.80. The molecule has 10 aromatic rings. The highest BCUT2D eigenvalue weighted by Gasteiger charge is 2.52. The van der Waals surface area contributed by atoms with E-state index in [-0.39, 0.29) is 6.17 Å². The zero-order chi connectivity index (χ0) is 40.1. The average molecular weight is 776 g/mol. The summed E-state index contributed by atoms with van der Waals surface area (Å²) in [5.74, 6) is 1.53. The molecular weight excluding hydrogens is 739 g/mol. The van der Waals surface area contributed by atoms with Gasteiger partial charge in [-0.2, -0.15) is 0 Å². The van der Waals surface area contributed by atoms with Gasteiger partial charge < -0.3 is 5.32 Å². The molecule has 61 heavy (non-hydrogen) atoms. The van der Waals surface area contributed by atoms with Crippen molar-refractivity contribution in [3.05, 3.63) is 251 Å². The Labute approximate surface area is 354 Å². The predicted molar refractivity (Wildman–Crippen MR) is 253 cm³/mol. The van der Waals surface area contributed by atoms with Crippen molar-refractivity contribution < 1.29 is 0 Å². The molecular formula is C58H37N3. The molecule has 284 valence electrons. The molecule has 0 radical (unpaired) electrons. The van der Waals surface area contributed by atoms with Gasteiger partial charge in [0.25, 0.3) is 0 Å². The molecule has 0 aromatic heterocycles. The van der Waals surface area contributed by atoms with E-state index in [1.54, 1.807) is 0 Å². The van der Waals surface area contributed by atoms with Crippen LogP contribution in [-0.4, -0.2) is 11.7 Å². The first-order chi connectivity index (χ1) is 30.2. The predicted octanol–water partition coefficient (Wildman–Crippen LogP) is 13.7. The van der Waals surface area contributed by atoms with Crippen LogP contribution in [-0.2, 0) is 5.41 Å². The summed E-state index contributed by atoms with van der Waals surface area (Å²) >= 11 is 0. The normalized spacial score (nSPS) is 17.1. The Hall–Kier alpha value is -7.88. The zero-order valence-electron chi connectivity index (χ0n) is 33.2. The minimum Gasteiger partial charge on any atom is -0.344 e. The van der Waals surface area contributed by atoms with Crippen LogP contribution in [0.2, 0.25) is 0 Å². The van der Waals surface area contributed by atoms with Gasteiger partial charge in [0.05, 0.1) is 5.41 Å². The van der Waals surface area contributed by atoms with E-state index in [0.717, 1.165) is 28.1 Å². The third-order valence-corrected chi connectivity index (χ3v) is 13.3. The van der Waals surface area contributed by atoms with Crippen molar-refractivity contribution >= 4 is 44.0 Å². The quantitative estimate of drug-likeness (QED) is 0.178. The van der Waals surface area contributed by atoms with Crippen molar-refractivity contribution in [1.29, 1.82) is 0 Å². The van der Waals surface area contributed by atoms with Gasteiger partial charge in [0.15, 0.2) is 5.84 Å². The summed E-state index contributed by atoms with van der Waals surface area (Å²) in [7, 11) is 0. The molecule has 2 unspecified atom stereocenters. The summed E-state index contributed by atoms with van der Waals surface area (Å²) in [5, 5.41) is 11.4. The summed E-state index contributed by atoms with van der Waals surface area (Å²) in [6.45, 7) is 0. The number of nitrogens with one attached hydrogen (secondary N) is 1. The van der Waals surface area contributed by atoms with Crippen molar-refractivity contribution in [1.82, 2.24) is 5.32 Å². The Kier molecular flexibility index (Phi) is 7.29. The van der Waals surface area contributed by atoms with E-state index in [0.29, 0.717) is 5.84 Å². The van der Waals surface area contributed by atoms with Crippen molar-refractivity contribution in [3.8, 4) is 33.4 Å². The lowest BCUT2D eigenvalue weighted by Crippen LogP contribution is -2.33. The van der Waals surface area contributed by atoms with Crippen LogP contribution in [0.5, 0.6) is 0 Å². The van der Waals surface area contributed by atoms with Gasteiger partial charge in [0, 0.05) is 11.1 Å². The number of amidine groups is 2. The molecule has 2 atom stereocenters. The molecule has 2 aliphatic carbocycles. The molecule has 0 fully saturated rings. The topological polar surface area (TPSA) is 36.8 Å². The number of fused-ring (bicyclic) bond motifs is 16. The molecule has 3 aliphatic rings. The minimum absolute atomic E-state index is 0.246. The van der Waals surface area contributed by atoms with Crippen molar-refractivity contribution in [3.63, 3.8) is 0 Å². The van der Waals surface area contributed by atoms with Crippen molar-refractivity contribution in [2.75, 3.05) is 0 Å². The summed E-state index contributed by atoms with van der Waals surface area (Å²) < 4.78 is 0. The van der Waals surface area contributed by atoms with E-state index in [1.165, 1.54) is 82.4 Å². The Morgan fingerprint density at radius 1 is 0.344 bits per heavy atom. The molecule has 1 aliphatic heterocycles. The third kappa shape index (κ3) is 4.92. The molecule has 3 nitrogen and oxygen atoms in total. The summed E-state index contributed by atoms with van der Waals surface area (Å²) in [6.07, 6.45) is -0.246. The fourth-order valence-corrected chi connectivity index (χ4v) is 10.7. The number of aliphatic imine (C=N–C) groups is 2. The number of hydrogen-bond donors (Lipinski definition) is 1. The van der Waals surface area contributed by atoms with Crippen LogP contribution in [0.1, 0.15) is 45.1 Å². The molecule has 0 amide bonds. The van der Waals surface area contributed by atoms with E-state index in [2.05, 4.69) is 193 Å². The lowest BCUT2D eigenvalue weighted by molar-refractivity contribution is 0.674. The van der Waals surface area contributed by atoms with Gasteiger partial charge in [-0.25, -0.2) is 9.98 Å². The van der Waals surface area contributed by atoms with E-state index >= 15 is 0 Å². The smallest absolute Gasteiger partial charge is 0.159 e. The number of benzene rings is 10. The molecule has 1 spiro atoms. The largest absolute Gasteiger partial charge is 0.344 e. The molecule has 1 heterocycles. The van der Waals surface area contributed by atoms with E-state index in [1.807, 2.05) is 24.3 Å². The maximum Gasteiger partial charge on any atom is 0.159 e. The monoisotopic (exact) mass is 775 g/mol. The number of rotatable bonds is 4. The number of hydrogen-bond acceptors (Lipinski definition) is 3. The standard InChI is InChI=1S/C58H37N3/c1-3-15-37(16-4-1)55-59-56(38-17-5-2-6-18-38)61-57(60-55)39-29-27-36(28-30-39)40-31-32-47-45-23-11-13-25-51(45)58(53(47)33-40)52-26-14-12-24-46(52)50-34-48-43-21-9-7-19-41(43)42-20-8-10-22-44(42)49(48)35-54(50)58/h1-35,55H,(H,59,60,61). The fourth-order valence-electron chi connectivity index (χ4n) is 10.7. The lowest BCUT2D eigenvalue weighted by atomic mass is 9.70. The second-order valence-electron chi connectivity index (χ2n) is 16.5. The Morgan fingerprint density at radius 3 is 1.51 bits per heavy atom. The second-order valence-corrected chi connectivity index (χ2v) is 16.5. The SMILES string of the molecule is c1ccc(C2=NC(c3ccc(-c4ccc5c(c4)C4(c6ccccc6-5)c5ccccc5-c5cc6c7ccccc7c7ccccc7c6cc54)cc3)=NC(c3ccccc3)N2)cc1. The first kappa shape index (κ1) is 34.0. The molecule has 3 heteroatoms. The van der Waals surface area contributed by atoms with E-state index in [4.69, 9.17) is 9.98 Å². The van der Waals surface area contributed by atoms with Crippen molar-refractivity contribution in [2.24, 2.45) is 9.98 Å². The van der Waals surface area contributed by atoms with Gasteiger partial charge in [0.1, 0.15) is 12.0 Å². The van der Waals surface area contributed by atoms with Crippen LogP contribution >= 0.6 is 0 Å². The van der Waals surface area contributed by atoms with Gasteiger partial charge in [-0.05, 0) is 112 Å². The number of nitrogens with zero attached hydrogens (tertiary/aromatic N) is 2. The van der Waals surface area contributed by atoms with Gasteiger partial charge in [-0.1, -0.05) is 194 Å². The fraction of sp³-hybridized carbons (Fsp3) is 0.0345. The molecule has 0 bridgehead atoms. The van der Waals surface area contributed by atoms with Crippen LogP contribution in [0.15, 0.2) is 222 Å². The van der Waals surface area contributed by atoms with Crippen molar-refractivity contribution in [2.45, 2.75) is 11.6 Å². The van der Waals surface area contributed by atoms with Gasteiger partial charge in [0.2, 0.25) is 0 Å². The highest BCUT2D eigenvalue weighted by Crippen LogP contribution is 2.64. The van der Waals surface area contributed by atoms with Gasteiger partial charge in [-0.3, -0.25) is 0 Å². The minimum atomic E-state index is -0.479. The van der Waals surface area contributed by atoms with E-state index in [9.17, 15) is 0 Å². The second kappa shape index (κ2) is 13.1. The molecule has 10 aromatic carbocycles. The molecule has 13 rings (SSSR count). The summed E-state index contributed by atoms with van der Waals surface area (Å²) in [4.78, 5) is 10.2. The van der Waals surface area contributed by atoms with Crippen LogP contribution in [0, 0.1) is 0 Å². The summed E-state index contributed by atoms with van der Waals surface area (Å²) in [6, 6.07) is 77.7. The van der Waals surface area contributed by atoms with Crippen LogP contribution < -0.4 is 5.32 Å². The molecule has 0 saturated heterocycles. The maximum absolute atomic E-state index is 5.14. The summed E-state index contributed by atoms with van der Waals surface area (Å²) in [5.41, 5.74) is 15.6.